The average Bonchev–Trinajstić information content (AvgIpc) is 1.91. The Morgan fingerprint density at radius 2 is 2.22 bits per heavy atom. The number of halogens is 1. The molecule has 52 valence electrons. The van der Waals surface area contributed by atoms with Gasteiger partial charge in [-0.25, -0.2) is 0 Å². The Balaban J connectivity index is 3.70. The lowest BCUT2D eigenvalue weighted by molar-refractivity contribution is 1.14. The lowest BCUT2D eigenvalue weighted by Gasteiger charge is -1.91. The minimum Gasteiger partial charge on any atom is -0.122 e. The molecule has 0 fully saturated rings. The van der Waals surface area contributed by atoms with Gasteiger partial charge in [-0.05, 0) is 13.3 Å². The summed E-state index contributed by atoms with van der Waals surface area (Å²) >= 11 is 5.45. The summed E-state index contributed by atoms with van der Waals surface area (Å²) in [4.78, 5) is 0. The van der Waals surface area contributed by atoms with Crippen LogP contribution < -0.4 is 0 Å². The van der Waals surface area contributed by atoms with Crippen molar-refractivity contribution in [1.82, 2.24) is 0 Å². The topological polar surface area (TPSA) is 0 Å². The number of hydrogen-bond donors (Lipinski definition) is 0. The molecule has 0 bridgehead atoms. The Labute approximate surface area is 62.2 Å². The van der Waals surface area contributed by atoms with Crippen LogP contribution in [0, 0.1) is 0 Å². The molecule has 0 saturated heterocycles. The Hall–Kier alpha value is -0.230. The lowest BCUT2D eigenvalue weighted by Crippen LogP contribution is -1.72. The van der Waals surface area contributed by atoms with Gasteiger partial charge in [0.15, 0.2) is 0 Å². The molecule has 0 rings (SSSR count). The summed E-state index contributed by atoms with van der Waals surface area (Å²) in [5, 5.41) is 0. The van der Waals surface area contributed by atoms with Crippen LogP contribution in [0.4, 0.5) is 0 Å². The maximum Gasteiger partial charge on any atom is 0.0407 e. The van der Waals surface area contributed by atoms with E-state index in [1.54, 1.807) is 0 Å². The normalized spacial score (nSPS) is 13.0. The van der Waals surface area contributed by atoms with Crippen LogP contribution in [-0.4, -0.2) is 5.88 Å². The molecular formula is C8H13Cl. The van der Waals surface area contributed by atoms with E-state index in [0.717, 1.165) is 6.42 Å². The Kier molecular flexibility index (Phi) is 5.75. The van der Waals surface area contributed by atoms with Gasteiger partial charge in [-0.1, -0.05) is 30.7 Å². The molecule has 1 heteroatoms. The molecule has 0 aromatic heterocycles. The quantitative estimate of drug-likeness (QED) is 0.422. The van der Waals surface area contributed by atoms with Gasteiger partial charge in [-0.15, -0.1) is 11.6 Å². The van der Waals surface area contributed by atoms with E-state index < -0.39 is 0 Å². The van der Waals surface area contributed by atoms with E-state index in [4.69, 9.17) is 11.6 Å². The third kappa shape index (κ3) is 4.28. The number of allylic oxidation sites excluding steroid dienone is 4. The predicted octanol–water partition coefficient (Wildman–Crippen LogP) is 3.14. The van der Waals surface area contributed by atoms with Crippen molar-refractivity contribution < 1.29 is 0 Å². The molecule has 0 aliphatic rings. The van der Waals surface area contributed by atoms with Gasteiger partial charge in [0, 0.05) is 5.88 Å². The summed E-state index contributed by atoms with van der Waals surface area (Å²) in [5.74, 6) is 0.608. The summed E-state index contributed by atoms with van der Waals surface area (Å²) in [7, 11) is 0. The van der Waals surface area contributed by atoms with Gasteiger partial charge in [0.2, 0.25) is 0 Å². The second-order valence-electron chi connectivity index (χ2n) is 1.77. The van der Waals surface area contributed by atoms with Gasteiger partial charge in [-0.3, -0.25) is 0 Å². The van der Waals surface area contributed by atoms with E-state index >= 15 is 0 Å². The van der Waals surface area contributed by atoms with Crippen molar-refractivity contribution in [3.63, 3.8) is 0 Å². The zero-order valence-corrected chi connectivity index (χ0v) is 6.78. The highest BCUT2D eigenvalue weighted by molar-refractivity contribution is 6.18. The van der Waals surface area contributed by atoms with Crippen molar-refractivity contribution in [2.75, 3.05) is 5.88 Å². The number of rotatable bonds is 3. The van der Waals surface area contributed by atoms with Crippen LogP contribution in [0.5, 0.6) is 0 Å². The van der Waals surface area contributed by atoms with Crippen molar-refractivity contribution in [3.05, 3.63) is 23.8 Å². The molecule has 0 aliphatic carbocycles. The standard InChI is InChI=1S/C8H13Cl/c1-3-8(4-2)6-5-7-9/h3,5-6H,4,7H2,1-2H3. The second-order valence-corrected chi connectivity index (χ2v) is 2.08. The van der Waals surface area contributed by atoms with E-state index in [1.165, 1.54) is 5.57 Å². The zero-order chi connectivity index (χ0) is 7.11. The molecule has 0 nitrogen and oxygen atoms in total. The van der Waals surface area contributed by atoms with E-state index in [0.29, 0.717) is 5.88 Å². The molecule has 0 heterocycles. The second kappa shape index (κ2) is 5.90. The van der Waals surface area contributed by atoms with E-state index in [2.05, 4.69) is 19.1 Å². The highest BCUT2D eigenvalue weighted by atomic mass is 35.5. The van der Waals surface area contributed by atoms with Gasteiger partial charge >= 0.3 is 0 Å². The molecule has 0 amide bonds. The Bertz CT molecular complexity index is 112. The van der Waals surface area contributed by atoms with E-state index in [1.807, 2.05) is 13.0 Å². The third-order valence-corrected chi connectivity index (χ3v) is 1.38. The number of alkyl halides is 1. The van der Waals surface area contributed by atoms with Crippen LogP contribution in [0.3, 0.4) is 0 Å². The zero-order valence-electron chi connectivity index (χ0n) is 6.02. The van der Waals surface area contributed by atoms with Crippen molar-refractivity contribution in [2.45, 2.75) is 20.3 Å². The first-order valence-electron chi connectivity index (χ1n) is 3.22. The highest BCUT2D eigenvalue weighted by Crippen LogP contribution is 2.01. The van der Waals surface area contributed by atoms with Crippen LogP contribution in [0.25, 0.3) is 0 Å². The largest absolute Gasteiger partial charge is 0.122 e. The molecule has 0 spiro atoms. The first-order valence-corrected chi connectivity index (χ1v) is 3.76. The maximum atomic E-state index is 5.45. The van der Waals surface area contributed by atoms with Crippen molar-refractivity contribution >= 4 is 11.6 Å². The van der Waals surface area contributed by atoms with Gasteiger partial charge in [0.1, 0.15) is 0 Å². The smallest absolute Gasteiger partial charge is 0.0407 e. The first-order chi connectivity index (χ1) is 4.35. The minimum atomic E-state index is 0.608. The molecule has 0 atom stereocenters. The van der Waals surface area contributed by atoms with Crippen LogP contribution in [0.2, 0.25) is 0 Å². The van der Waals surface area contributed by atoms with Crippen LogP contribution in [0.1, 0.15) is 20.3 Å². The fourth-order valence-electron chi connectivity index (χ4n) is 0.614. The molecule has 0 saturated carbocycles. The Morgan fingerprint density at radius 3 is 2.56 bits per heavy atom. The molecule has 0 aromatic carbocycles. The summed E-state index contributed by atoms with van der Waals surface area (Å²) in [6.45, 7) is 4.17. The summed E-state index contributed by atoms with van der Waals surface area (Å²) in [6.07, 6.45) is 7.21. The van der Waals surface area contributed by atoms with Crippen LogP contribution >= 0.6 is 11.6 Å². The van der Waals surface area contributed by atoms with Crippen molar-refractivity contribution in [2.24, 2.45) is 0 Å². The summed E-state index contributed by atoms with van der Waals surface area (Å²) in [6, 6.07) is 0. The van der Waals surface area contributed by atoms with Crippen molar-refractivity contribution in [3.8, 4) is 0 Å². The van der Waals surface area contributed by atoms with Crippen LogP contribution in [-0.2, 0) is 0 Å². The summed E-state index contributed by atoms with van der Waals surface area (Å²) < 4.78 is 0. The molecular weight excluding hydrogens is 132 g/mol. The lowest BCUT2D eigenvalue weighted by atomic mass is 10.2. The average molecular weight is 145 g/mol. The van der Waals surface area contributed by atoms with Gasteiger partial charge in [0.05, 0.1) is 0 Å². The predicted molar refractivity (Wildman–Crippen MR) is 43.9 cm³/mol. The fourth-order valence-corrected chi connectivity index (χ4v) is 0.703. The SMILES string of the molecule is CC=C(C=CCCl)CC. The van der Waals surface area contributed by atoms with Gasteiger partial charge in [-0.2, -0.15) is 0 Å². The number of hydrogen-bond acceptors (Lipinski definition) is 0. The Morgan fingerprint density at radius 1 is 1.56 bits per heavy atom. The molecule has 0 aromatic rings. The maximum absolute atomic E-state index is 5.45. The van der Waals surface area contributed by atoms with Gasteiger partial charge < -0.3 is 0 Å². The minimum absolute atomic E-state index is 0.608. The van der Waals surface area contributed by atoms with Crippen LogP contribution in [0.15, 0.2) is 23.8 Å². The summed E-state index contributed by atoms with van der Waals surface area (Å²) in [5.41, 5.74) is 1.34. The van der Waals surface area contributed by atoms with Gasteiger partial charge in [0.25, 0.3) is 0 Å². The first kappa shape index (κ1) is 8.77. The van der Waals surface area contributed by atoms with E-state index in [-0.39, 0.29) is 0 Å². The fraction of sp³-hybridized carbons (Fsp3) is 0.500. The van der Waals surface area contributed by atoms with E-state index in [9.17, 15) is 0 Å². The highest BCUT2D eigenvalue weighted by Gasteiger charge is 1.81. The molecule has 0 unspecified atom stereocenters. The monoisotopic (exact) mass is 144 g/mol. The molecule has 0 radical (unpaired) electrons. The third-order valence-electron chi connectivity index (χ3n) is 1.20. The molecule has 0 aliphatic heterocycles. The van der Waals surface area contributed by atoms with Crippen molar-refractivity contribution in [1.29, 1.82) is 0 Å². The molecule has 0 N–H and O–H groups in total. The molecule has 9 heavy (non-hydrogen) atoms.